The number of aryl methyl sites for hydroxylation is 1. The van der Waals surface area contributed by atoms with Gasteiger partial charge < -0.3 is 25.0 Å². The summed E-state index contributed by atoms with van der Waals surface area (Å²) in [7, 11) is 0. The third kappa shape index (κ3) is 11.5. The van der Waals surface area contributed by atoms with Crippen LogP contribution in [0.25, 0.3) is 0 Å². The average molecular weight is 628 g/mol. The van der Waals surface area contributed by atoms with Crippen molar-refractivity contribution in [3.05, 3.63) is 71.3 Å². The van der Waals surface area contributed by atoms with Gasteiger partial charge >= 0.3 is 12.1 Å². The highest BCUT2D eigenvalue weighted by Crippen LogP contribution is 2.26. The van der Waals surface area contributed by atoms with E-state index < -0.39 is 59.2 Å². The molecule has 0 aliphatic rings. The molecule has 10 heteroatoms. The van der Waals surface area contributed by atoms with E-state index in [-0.39, 0.29) is 12.2 Å². The van der Waals surface area contributed by atoms with Crippen LogP contribution in [-0.2, 0) is 36.7 Å². The molecule has 0 radical (unpaired) electrons. The molecule has 0 bridgehead atoms. The van der Waals surface area contributed by atoms with Gasteiger partial charge in [0.25, 0.3) is 0 Å². The molecule has 2 N–H and O–H groups in total. The lowest BCUT2D eigenvalue weighted by atomic mass is 9.98. The van der Waals surface area contributed by atoms with Crippen LogP contribution in [-0.4, -0.2) is 63.9 Å². The molecule has 2 aromatic rings. The summed E-state index contributed by atoms with van der Waals surface area (Å²) < 4.78 is 11.0. The van der Waals surface area contributed by atoms with Crippen molar-refractivity contribution in [1.29, 1.82) is 0 Å². The second-order valence-electron chi connectivity index (χ2n) is 13.0. The van der Waals surface area contributed by atoms with Gasteiger partial charge in [0.15, 0.2) is 0 Å². The predicted molar refractivity (Wildman–Crippen MR) is 175 cm³/mol. The highest BCUT2D eigenvalue weighted by atomic mass is 32.1. The molecule has 0 fully saturated rings. The van der Waals surface area contributed by atoms with E-state index in [2.05, 4.69) is 23.3 Å². The van der Waals surface area contributed by atoms with Gasteiger partial charge in [0, 0.05) is 18.2 Å². The number of benzene rings is 2. The Labute approximate surface area is 267 Å². The molecule has 9 nitrogen and oxygen atoms in total. The molecule has 0 aliphatic carbocycles. The molecule has 0 saturated heterocycles. The Kier molecular flexibility index (Phi) is 13.3. The van der Waals surface area contributed by atoms with E-state index in [4.69, 9.17) is 9.47 Å². The van der Waals surface area contributed by atoms with Crippen LogP contribution in [0.15, 0.2) is 54.6 Å². The topological polar surface area (TPSA) is 114 Å². The Balaban J connectivity index is 2.55. The first-order valence-corrected chi connectivity index (χ1v) is 15.7. The molecule has 44 heavy (non-hydrogen) atoms. The molecule has 0 aromatic heterocycles. The number of carbonyl (C=O) groups excluding carboxylic acids is 4. The van der Waals surface area contributed by atoms with E-state index >= 15 is 0 Å². The summed E-state index contributed by atoms with van der Waals surface area (Å²) in [6.45, 7) is 16.1. The van der Waals surface area contributed by atoms with E-state index in [1.165, 1.54) is 4.90 Å². The fraction of sp³-hybridized carbons (Fsp3) is 0.529. The number of rotatable bonds is 12. The molecular weight excluding hydrogens is 578 g/mol. The molecule has 3 atom stereocenters. The lowest BCUT2D eigenvalue weighted by Crippen LogP contribution is -2.57. The Hall–Kier alpha value is -3.53. The number of thiol groups is 1. The number of nitrogens with one attached hydrogen (secondary N) is 2. The zero-order chi connectivity index (χ0) is 33.2. The third-order valence-corrected chi connectivity index (χ3v) is 6.87. The van der Waals surface area contributed by atoms with Crippen molar-refractivity contribution in [1.82, 2.24) is 15.5 Å². The van der Waals surface area contributed by atoms with Crippen LogP contribution in [0, 0.1) is 0 Å². The predicted octanol–water partition coefficient (Wildman–Crippen LogP) is 5.42. The summed E-state index contributed by atoms with van der Waals surface area (Å²) in [4.78, 5) is 55.8. The van der Waals surface area contributed by atoms with Crippen LogP contribution in [0.4, 0.5) is 4.79 Å². The monoisotopic (exact) mass is 627 g/mol. The van der Waals surface area contributed by atoms with Gasteiger partial charge in [-0.2, -0.15) is 12.6 Å². The second kappa shape index (κ2) is 16.0. The van der Waals surface area contributed by atoms with Crippen molar-refractivity contribution in [3.63, 3.8) is 0 Å². The summed E-state index contributed by atoms with van der Waals surface area (Å²) in [5.74, 6) is -1.69. The first-order valence-electron chi connectivity index (χ1n) is 15.0. The molecule has 0 aliphatic heterocycles. The van der Waals surface area contributed by atoms with Crippen molar-refractivity contribution in [3.8, 4) is 0 Å². The SMILES string of the molecule is CCc1ccc(C(C(=O)NC(Cc2ccccc2)C(=O)OC(C)(C)C)N(C(=O)C(CS)NC(=O)OC(C)(C)C)C(C)C)cc1. The zero-order valence-electron chi connectivity index (χ0n) is 27.5. The van der Waals surface area contributed by atoms with Crippen molar-refractivity contribution in [2.75, 3.05) is 5.75 Å². The van der Waals surface area contributed by atoms with Gasteiger partial charge in [-0.1, -0.05) is 61.5 Å². The number of ether oxygens (including phenoxy) is 2. The molecule has 2 rings (SSSR count). The highest BCUT2D eigenvalue weighted by Gasteiger charge is 2.39. The van der Waals surface area contributed by atoms with Crippen molar-refractivity contribution in [2.45, 2.75) is 111 Å². The summed E-state index contributed by atoms with van der Waals surface area (Å²) in [6, 6.07) is 13.1. The normalized spacial score (nSPS) is 13.8. The second-order valence-corrected chi connectivity index (χ2v) is 13.4. The maximum atomic E-state index is 14.3. The lowest BCUT2D eigenvalue weighted by molar-refractivity contribution is -0.159. The number of alkyl carbamates (subject to hydrolysis) is 1. The Morgan fingerprint density at radius 1 is 0.795 bits per heavy atom. The van der Waals surface area contributed by atoms with E-state index in [0.717, 1.165) is 17.5 Å². The average Bonchev–Trinajstić information content (AvgIpc) is 2.92. The molecule has 0 spiro atoms. The maximum Gasteiger partial charge on any atom is 0.408 e. The molecular formula is C34H49N3O6S. The Morgan fingerprint density at radius 2 is 1.36 bits per heavy atom. The molecule has 3 unspecified atom stereocenters. The van der Waals surface area contributed by atoms with E-state index in [0.29, 0.717) is 5.56 Å². The molecule has 0 saturated carbocycles. The van der Waals surface area contributed by atoms with Gasteiger partial charge in [-0.15, -0.1) is 0 Å². The molecule has 2 aromatic carbocycles. The minimum Gasteiger partial charge on any atom is -0.458 e. The van der Waals surface area contributed by atoms with Crippen molar-refractivity contribution in [2.24, 2.45) is 0 Å². The summed E-state index contributed by atoms with van der Waals surface area (Å²) in [5.41, 5.74) is 0.899. The number of nitrogens with zero attached hydrogens (tertiary/aromatic N) is 1. The largest absolute Gasteiger partial charge is 0.458 e. The summed E-state index contributed by atoms with van der Waals surface area (Å²) in [6.07, 6.45) is 0.219. The van der Waals surface area contributed by atoms with Gasteiger partial charge in [-0.25, -0.2) is 9.59 Å². The van der Waals surface area contributed by atoms with Crippen LogP contribution in [0.1, 0.15) is 85.0 Å². The van der Waals surface area contributed by atoms with Gasteiger partial charge in [-0.3, -0.25) is 9.59 Å². The number of carbonyl (C=O) groups is 4. The molecule has 0 heterocycles. The Bertz CT molecular complexity index is 1250. The van der Waals surface area contributed by atoms with Crippen LogP contribution in [0.3, 0.4) is 0 Å². The minimum absolute atomic E-state index is 0.0288. The summed E-state index contributed by atoms with van der Waals surface area (Å²) in [5, 5.41) is 5.50. The van der Waals surface area contributed by atoms with E-state index in [1.54, 1.807) is 55.4 Å². The fourth-order valence-electron chi connectivity index (χ4n) is 4.54. The van der Waals surface area contributed by atoms with E-state index in [1.807, 2.05) is 61.5 Å². The smallest absolute Gasteiger partial charge is 0.408 e. The zero-order valence-corrected chi connectivity index (χ0v) is 28.4. The van der Waals surface area contributed by atoms with Crippen LogP contribution < -0.4 is 10.6 Å². The molecule has 242 valence electrons. The van der Waals surface area contributed by atoms with Gasteiger partial charge in [0.05, 0.1) is 0 Å². The number of esters is 1. The quantitative estimate of drug-likeness (QED) is 0.214. The summed E-state index contributed by atoms with van der Waals surface area (Å²) >= 11 is 4.34. The van der Waals surface area contributed by atoms with Crippen molar-refractivity contribution < 1.29 is 28.7 Å². The molecule has 3 amide bonds. The fourth-order valence-corrected chi connectivity index (χ4v) is 4.78. The van der Waals surface area contributed by atoms with Gasteiger partial charge in [0.2, 0.25) is 11.8 Å². The number of hydrogen-bond donors (Lipinski definition) is 3. The van der Waals surface area contributed by atoms with Crippen LogP contribution in [0.5, 0.6) is 0 Å². The highest BCUT2D eigenvalue weighted by molar-refractivity contribution is 7.80. The van der Waals surface area contributed by atoms with Gasteiger partial charge in [0.1, 0.15) is 29.3 Å². The van der Waals surface area contributed by atoms with Crippen LogP contribution >= 0.6 is 12.6 Å². The van der Waals surface area contributed by atoms with Crippen LogP contribution in [0.2, 0.25) is 0 Å². The standard InChI is InChI=1S/C34H49N3O6S/c1-10-23-16-18-25(19-17-23)28(37(22(2)3)30(39)27(21-44)36-32(41)43-34(7,8)9)29(38)35-26(31(40)42-33(4,5)6)20-24-14-12-11-13-15-24/h11-19,22,26-28,44H,10,20-21H2,1-9H3,(H,35,38)(H,36,41). The lowest BCUT2D eigenvalue weighted by Gasteiger charge is -2.37. The first-order chi connectivity index (χ1) is 20.5. The first kappa shape index (κ1) is 36.7. The third-order valence-electron chi connectivity index (χ3n) is 6.50. The Morgan fingerprint density at radius 3 is 1.84 bits per heavy atom. The number of amides is 3. The number of hydrogen-bond acceptors (Lipinski definition) is 7. The maximum absolute atomic E-state index is 14.3. The minimum atomic E-state index is -1.13. The van der Waals surface area contributed by atoms with E-state index in [9.17, 15) is 19.2 Å². The van der Waals surface area contributed by atoms with Crippen molar-refractivity contribution >= 4 is 36.5 Å². The van der Waals surface area contributed by atoms with Gasteiger partial charge in [-0.05, 0) is 78.5 Å².